The number of aromatic hydroxyl groups is 1. The molecule has 1 heterocycles. The van der Waals surface area contributed by atoms with E-state index in [1.165, 1.54) is 5.56 Å². The lowest BCUT2D eigenvalue weighted by atomic mass is 10.0. The Morgan fingerprint density at radius 2 is 2.10 bits per heavy atom. The normalized spacial score (nSPS) is 16.4. The molecule has 2 rings (SSSR count). The third-order valence-corrected chi connectivity index (χ3v) is 4.85. The summed E-state index contributed by atoms with van der Waals surface area (Å²) in [6, 6.07) is 1.91. The molecule has 0 spiro atoms. The highest BCUT2D eigenvalue weighted by atomic mass is 79.9. The quantitative estimate of drug-likeness (QED) is 0.860. The van der Waals surface area contributed by atoms with E-state index >= 15 is 0 Å². The monoisotopic (exact) mass is 342 g/mol. The molecule has 0 aliphatic carbocycles. The molecule has 0 atom stereocenters. The second kappa shape index (κ2) is 7.29. The first-order chi connectivity index (χ1) is 9.67. The smallest absolute Gasteiger partial charge is 0.162 e. The number of nitrogens with zero attached hydrogens (tertiary/aromatic N) is 1. The summed E-state index contributed by atoms with van der Waals surface area (Å²) in [5.74, 6) is 0.840. The van der Waals surface area contributed by atoms with Crippen LogP contribution >= 0.6 is 15.9 Å². The number of methoxy groups -OCH3 is 1. The lowest BCUT2D eigenvalue weighted by Gasteiger charge is -2.27. The molecule has 4 nitrogen and oxygen atoms in total. The molecule has 0 unspecified atom stereocenters. The molecule has 1 aliphatic heterocycles. The topological polar surface area (TPSA) is 44.7 Å². The Bertz CT molecular complexity index is 431. The van der Waals surface area contributed by atoms with Crippen LogP contribution in [-0.2, 0) is 12.8 Å². The maximum absolute atomic E-state index is 10.3. The summed E-state index contributed by atoms with van der Waals surface area (Å²) in [7, 11) is 1.60. The molecule has 1 aliphatic rings. The van der Waals surface area contributed by atoms with Crippen molar-refractivity contribution in [2.24, 2.45) is 0 Å². The maximum atomic E-state index is 10.3. The molecular formula is C15H23BrN2O2. The number of benzene rings is 1. The summed E-state index contributed by atoms with van der Waals surface area (Å²) in [5, 5.41) is 13.7. The summed E-state index contributed by atoms with van der Waals surface area (Å²) in [4.78, 5) is 2.42. The number of phenols is 1. The summed E-state index contributed by atoms with van der Waals surface area (Å²) >= 11 is 3.63. The minimum Gasteiger partial charge on any atom is -0.504 e. The molecule has 5 heteroatoms. The molecule has 0 saturated carbocycles. The SMILES string of the molecule is CCc1cc(OC)c(O)c(CCN2CCNCC2)c1Br. The van der Waals surface area contributed by atoms with Crippen LogP contribution in [0.3, 0.4) is 0 Å². The van der Waals surface area contributed by atoms with E-state index in [9.17, 15) is 5.11 Å². The number of hydrogen-bond donors (Lipinski definition) is 2. The Morgan fingerprint density at radius 1 is 1.40 bits per heavy atom. The molecule has 2 N–H and O–H groups in total. The Balaban J connectivity index is 2.16. The van der Waals surface area contributed by atoms with Crippen LogP contribution in [0.5, 0.6) is 11.5 Å². The maximum Gasteiger partial charge on any atom is 0.162 e. The van der Waals surface area contributed by atoms with Gasteiger partial charge in [-0.25, -0.2) is 0 Å². The molecule has 1 fully saturated rings. The molecule has 0 aromatic heterocycles. The number of phenolic OH excluding ortho intramolecular Hbond substituents is 1. The van der Waals surface area contributed by atoms with Crippen LogP contribution in [0.25, 0.3) is 0 Å². The van der Waals surface area contributed by atoms with Crippen molar-refractivity contribution in [1.29, 1.82) is 0 Å². The molecule has 1 aromatic rings. The molecule has 20 heavy (non-hydrogen) atoms. The fourth-order valence-electron chi connectivity index (χ4n) is 2.58. The fourth-order valence-corrected chi connectivity index (χ4v) is 3.36. The molecule has 0 amide bonds. The van der Waals surface area contributed by atoms with E-state index < -0.39 is 0 Å². The van der Waals surface area contributed by atoms with E-state index in [2.05, 4.69) is 33.1 Å². The van der Waals surface area contributed by atoms with Crippen molar-refractivity contribution in [2.75, 3.05) is 39.8 Å². The number of aryl methyl sites for hydroxylation is 1. The van der Waals surface area contributed by atoms with E-state index in [1.54, 1.807) is 7.11 Å². The number of ether oxygens (including phenoxy) is 1. The Hall–Kier alpha value is -0.780. The number of piperazine rings is 1. The third kappa shape index (κ3) is 3.45. The molecule has 1 saturated heterocycles. The second-order valence-corrected chi connectivity index (χ2v) is 5.87. The van der Waals surface area contributed by atoms with Crippen LogP contribution < -0.4 is 10.1 Å². The number of halogens is 1. The first-order valence-electron chi connectivity index (χ1n) is 7.17. The highest BCUT2D eigenvalue weighted by molar-refractivity contribution is 9.10. The first-order valence-corrected chi connectivity index (χ1v) is 7.97. The molecular weight excluding hydrogens is 320 g/mol. The van der Waals surface area contributed by atoms with Crippen molar-refractivity contribution < 1.29 is 9.84 Å². The van der Waals surface area contributed by atoms with Crippen molar-refractivity contribution in [2.45, 2.75) is 19.8 Å². The standard InChI is InChI=1S/C15H23BrN2O2/c1-3-11-10-13(20-2)15(19)12(14(11)16)4-7-18-8-5-17-6-9-18/h10,17,19H,3-9H2,1-2H3. The third-order valence-electron chi connectivity index (χ3n) is 3.86. The van der Waals surface area contributed by atoms with Crippen molar-refractivity contribution in [3.05, 3.63) is 21.7 Å². The molecule has 0 radical (unpaired) electrons. The van der Waals surface area contributed by atoms with Crippen molar-refractivity contribution in [3.8, 4) is 11.5 Å². The lowest BCUT2D eigenvalue weighted by Crippen LogP contribution is -2.44. The highest BCUT2D eigenvalue weighted by Gasteiger charge is 2.17. The van der Waals surface area contributed by atoms with Crippen molar-refractivity contribution >= 4 is 15.9 Å². The summed E-state index contributed by atoms with van der Waals surface area (Å²) in [5.41, 5.74) is 2.13. The van der Waals surface area contributed by atoms with Crippen molar-refractivity contribution in [3.63, 3.8) is 0 Å². The second-order valence-electron chi connectivity index (χ2n) is 5.07. The zero-order valence-corrected chi connectivity index (χ0v) is 13.8. The minimum absolute atomic E-state index is 0.270. The van der Waals surface area contributed by atoms with Gasteiger partial charge in [0.05, 0.1) is 7.11 Å². The number of hydrogen-bond acceptors (Lipinski definition) is 4. The first kappa shape index (κ1) is 15.6. The van der Waals surface area contributed by atoms with Gasteiger partial charge in [0.25, 0.3) is 0 Å². The van der Waals surface area contributed by atoms with Gasteiger partial charge in [-0.1, -0.05) is 22.9 Å². The Kier molecular flexibility index (Phi) is 5.69. The van der Waals surface area contributed by atoms with Crippen molar-refractivity contribution in [1.82, 2.24) is 10.2 Å². The summed E-state index contributed by atoms with van der Waals surface area (Å²) in [6.45, 7) is 7.31. The van der Waals surface area contributed by atoms with Crippen LogP contribution in [0.2, 0.25) is 0 Å². The van der Waals surface area contributed by atoms with Gasteiger partial charge in [-0.3, -0.25) is 0 Å². The number of rotatable bonds is 5. The van der Waals surface area contributed by atoms with Gasteiger partial charge in [-0.2, -0.15) is 0 Å². The van der Waals surface area contributed by atoms with Gasteiger partial charge < -0.3 is 20.1 Å². The average Bonchev–Trinajstić information content (AvgIpc) is 2.48. The van der Waals surface area contributed by atoms with Crippen LogP contribution in [0.4, 0.5) is 0 Å². The molecule has 1 aromatic carbocycles. The van der Waals surface area contributed by atoms with Gasteiger partial charge in [-0.05, 0) is 24.5 Å². The van der Waals surface area contributed by atoms with Gasteiger partial charge in [-0.15, -0.1) is 0 Å². The predicted octanol–water partition coefficient (Wildman–Crippen LogP) is 2.17. The minimum atomic E-state index is 0.270. The van der Waals surface area contributed by atoms with E-state index in [4.69, 9.17) is 4.74 Å². The zero-order valence-electron chi connectivity index (χ0n) is 12.2. The Labute approximate surface area is 129 Å². The van der Waals surface area contributed by atoms with Gasteiger partial charge in [0, 0.05) is 42.8 Å². The van der Waals surface area contributed by atoms with Crippen LogP contribution in [0.15, 0.2) is 10.5 Å². The summed E-state index contributed by atoms with van der Waals surface area (Å²) in [6.07, 6.45) is 1.74. The number of nitrogens with one attached hydrogen (secondary N) is 1. The van der Waals surface area contributed by atoms with Gasteiger partial charge in [0.1, 0.15) is 0 Å². The Morgan fingerprint density at radius 3 is 2.70 bits per heavy atom. The van der Waals surface area contributed by atoms with Gasteiger partial charge >= 0.3 is 0 Å². The fraction of sp³-hybridized carbons (Fsp3) is 0.600. The lowest BCUT2D eigenvalue weighted by molar-refractivity contribution is 0.242. The van der Waals surface area contributed by atoms with Crippen LogP contribution in [0.1, 0.15) is 18.1 Å². The van der Waals surface area contributed by atoms with E-state index in [-0.39, 0.29) is 5.75 Å². The largest absolute Gasteiger partial charge is 0.504 e. The highest BCUT2D eigenvalue weighted by Crippen LogP contribution is 2.38. The predicted molar refractivity (Wildman–Crippen MR) is 84.8 cm³/mol. The van der Waals surface area contributed by atoms with E-state index in [0.717, 1.165) is 55.6 Å². The molecule has 112 valence electrons. The average molecular weight is 343 g/mol. The van der Waals surface area contributed by atoms with Crippen LogP contribution in [-0.4, -0.2) is 49.8 Å². The van der Waals surface area contributed by atoms with Gasteiger partial charge in [0.15, 0.2) is 11.5 Å². The van der Waals surface area contributed by atoms with Gasteiger partial charge in [0.2, 0.25) is 0 Å². The zero-order chi connectivity index (χ0) is 14.5. The van der Waals surface area contributed by atoms with E-state index in [1.807, 2.05) is 6.07 Å². The summed E-state index contributed by atoms with van der Waals surface area (Å²) < 4.78 is 6.30. The van der Waals surface area contributed by atoms with E-state index in [0.29, 0.717) is 5.75 Å². The molecule has 0 bridgehead atoms. The van der Waals surface area contributed by atoms with Crippen LogP contribution in [0, 0.1) is 0 Å².